The van der Waals surface area contributed by atoms with Crippen molar-refractivity contribution in [2.24, 2.45) is 5.92 Å². The maximum atomic E-state index is 15.6. The van der Waals surface area contributed by atoms with E-state index in [9.17, 15) is 22.8 Å². The molecule has 0 unspecified atom stereocenters. The Morgan fingerprint density at radius 2 is 1.63 bits per heavy atom. The molecule has 4 amide bonds. The molecule has 2 heterocycles. The number of aryl methyl sites for hydroxylation is 1. The first-order chi connectivity index (χ1) is 24.5. The molecule has 2 N–H and O–H groups in total. The predicted molar refractivity (Wildman–Crippen MR) is 197 cm³/mol. The summed E-state index contributed by atoms with van der Waals surface area (Å²) in [6.45, 7) is 8.78. The number of hydrogen-bond acceptors (Lipinski definition) is 7. The molecule has 52 heavy (non-hydrogen) atoms. The van der Waals surface area contributed by atoms with Crippen molar-refractivity contribution in [1.29, 1.82) is 0 Å². The van der Waals surface area contributed by atoms with Crippen LogP contribution in [0.3, 0.4) is 0 Å². The molecule has 0 aromatic heterocycles. The van der Waals surface area contributed by atoms with Crippen LogP contribution in [0.25, 0.3) is 0 Å². The van der Waals surface area contributed by atoms with Crippen LogP contribution in [0.1, 0.15) is 94.0 Å². The van der Waals surface area contributed by atoms with Gasteiger partial charge in [0, 0.05) is 33.9 Å². The molecule has 2 aliphatic rings. The number of anilines is 1. The van der Waals surface area contributed by atoms with Gasteiger partial charge in [-0.3, -0.25) is 19.2 Å². The van der Waals surface area contributed by atoms with Gasteiger partial charge in [-0.2, -0.15) is 0 Å². The lowest BCUT2D eigenvalue weighted by Gasteiger charge is -2.47. The number of imide groups is 1. The first kappa shape index (κ1) is 39.2. The maximum absolute atomic E-state index is 15.6. The Bertz CT molecular complexity index is 2050. The summed E-state index contributed by atoms with van der Waals surface area (Å²) in [5.74, 6) is -4.64. The smallest absolute Gasteiger partial charge is 0.277 e. The van der Waals surface area contributed by atoms with Crippen LogP contribution in [0.2, 0.25) is 10.0 Å². The predicted octanol–water partition coefficient (Wildman–Crippen LogP) is 7.05. The molecule has 14 heteroatoms. The maximum Gasteiger partial charge on any atom is 0.277 e. The first-order valence-electron chi connectivity index (χ1n) is 17.2. The van der Waals surface area contributed by atoms with Gasteiger partial charge in [0.1, 0.15) is 17.0 Å². The van der Waals surface area contributed by atoms with Crippen molar-refractivity contribution in [1.82, 2.24) is 10.0 Å². The van der Waals surface area contributed by atoms with E-state index in [-0.39, 0.29) is 46.3 Å². The number of carbonyl (C=O) groups excluding carboxylic acids is 4. The largest absolute Gasteiger partial charge is 0.477 e. The third-order valence-corrected chi connectivity index (χ3v) is 11.5. The molecule has 2 aliphatic heterocycles. The van der Waals surface area contributed by atoms with Crippen molar-refractivity contribution >= 4 is 62.5 Å². The summed E-state index contributed by atoms with van der Waals surface area (Å²) in [7, 11) is -3.97. The molecular weight excluding hydrogens is 732 g/mol. The van der Waals surface area contributed by atoms with Crippen molar-refractivity contribution in [2.45, 2.75) is 89.7 Å². The SMILES string of the molecule is CCC(CC)C(=O)N1C(=O)[C@]2(c3ccc(Cl)cc31)[C@@H](c1cc(Cl)ccc1OC(CC)(CC)C(=O)NS(C)(=O)=O)CC(=O)N[C@H]2c1cc(F)ccc1C. The lowest BCUT2D eigenvalue weighted by Crippen LogP contribution is -2.59. The summed E-state index contributed by atoms with van der Waals surface area (Å²) in [5.41, 5.74) is -1.73. The van der Waals surface area contributed by atoms with Crippen LogP contribution in [-0.2, 0) is 34.6 Å². The van der Waals surface area contributed by atoms with Gasteiger partial charge in [-0.25, -0.2) is 22.4 Å². The molecule has 0 bridgehead atoms. The molecule has 10 nitrogen and oxygen atoms in total. The highest BCUT2D eigenvalue weighted by molar-refractivity contribution is 7.89. The molecule has 0 saturated carbocycles. The van der Waals surface area contributed by atoms with Crippen molar-refractivity contribution in [2.75, 3.05) is 11.2 Å². The van der Waals surface area contributed by atoms with Gasteiger partial charge >= 0.3 is 0 Å². The van der Waals surface area contributed by atoms with Gasteiger partial charge in [0.25, 0.3) is 5.91 Å². The van der Waals surface area contributed by atoms with Gasteiger partial charge in [0.05, 0.1) is 18.0 Å². The summed E-state index contributed by atoms with van der Waals surface area (Å²) >= 11 is 13.2. The highest BCUT2D eigenvalue weighted by Gasteiger charge is 2.65. The molecule has 0 aliphatic carbocycles. The number of hydrogen-bond donors (Lipinski definition) is 2. The second kappa shape index (κ2) is 14.8. The summed E-state index contributed by atoms with van der Waals surface area (Å²) in [6, 6.07) is 12.2. The molecule has 3 aromatic rings. The highest BCUT2D eigenvalue weighted by Crippen LogP contribution is 2.61. The molecule has 1 spiro atoms. The fraction of sp³-hybridized carbons (Fsp3) is 0.421. The van der Waals surface area contributed by atoms with Crippen LogP contribution in [0.4, 0.5) is 10.1 Å². The second-order valence-electron chi connectivity index (χ2n) is 13.5. The number of benzene rings is 3. The van der Waals surface area contributed by atoms with Gasteiger partial charge in [0.15, 0.2) is 5.60 Å². The lowest BCUT2D eigenvalue weighted by atomic mass is 9.58. The number of carbonyl (C=O) groups is 4. The zero-order valence-electron chi connectivity index (χ0n) is 29.8. The third-order valence-electron chi connectivity index (χ3n) is 10.5. The van der Waals surface area contributed by atoms with Gasteiger partial charge in [-0.15, -0.1) is 0 Å². The number of piperidine rings is 1. The van der Waals surface area contributed by atoms with E-state index < -0.39 is 68.4 Å². The minimum atomic E-state index is -3.97. The van der Waals surface area contributed by atoms with Crippen LogP contribution < -0.4 is 19.7 Å². The average molecular weight is 775 g/mol. The number of rotatable bonds is 11. The van der Waals surface area contributed by atoms with E-state index in [1.165, 1.54) is 36.4 Å². The van der Waals surface area contributed by atoms with Gasteiger partial charge in [-0.1, -0.05) is 63.0 Å². The third kappa shape index (κ3) is 6.80. The molecular formula is C38H42Cl2FN3O7S. The van der Waals surface area contributed by atoms with E-state index >= 15 is 9.18 Å². The van der Waals surface area contributed by atoms with Crippen LogP contribution in [-0.4, -0.2) is 43.9 Å². The van der Waals surface area contributed by atoms with Gasteiger partial charge in [0.2, 0.25) is 27.7 Å². The van der Waals surface area contributed by atoms with Crippen molar-refractivity contribution in [3.8, 4) is 5.75 Å². The zero-order valence-corrected chi connectivity index (χ0v) is 32.1. The van der Waals surface area contributed by atoms with Crippen LogP contribution in [0.5, 0.6) is 5.75 Å². The Labute approximate surface area is 313 Å². The van der Waals surface area contributed by atoms with E-state index in [2.05, 4.69) is 5.32 Å². The van der Waals surface area contributed by atoms with Crippen molar-refractivity contribution in [3.05, 3.63) is 92.7 Å². The molecule has 1 fully saturated rings. The molecule has 3 aromatic carbocycles. The summed E-state index contributed by atoms with van der Waals surface area (Å²) < 4.78 is 48.0. The molecule has 1 saturated heterocycles. The number of fused-ring (bicyclic) bond motifs is 2. The zero-order chi connectivity index (χ0) is 38.3. The van der Waals surface area contributed by atoms with Crippen LogP contribution >= 0.6 is 23.2 Å². The van der Waals surface area contributed by atoms with E-state index in [4.69, 9.17) is 27.9 Å². The minimum absolute atomic E-state index is 0.0479. The Balaban J connectivity index is 1.86. The van der Waals surface area contributed by atoms with E-state index in [1.807, 2.05) is 18.6 Å². The number of ether oxygens (including phenoxy) is 1. The fourth-order valence-corrected chi connectivity index (χ4v) is 8.57. The van der Waals surface area contributed by atoms with Crippen molar-refractivity contribution in [3.63, 3.8) is 0 Å². The second-order valence-corrected chi connectivity index (χ2v) is 16.1. The monoisotopic (exact) mass is 773 g/mol. The summed E-state index contributed by atoms with van der Waals surface area (Å²) in [4.78, 5) is 58.5. The van der Waals surface area contributed by atoms with Crippen LogP contribution in [0.15, 0.2) is 54.6 Å². The number of nitrogens with one attached hydrogen (secondary N) is 2. The minimum Gasteiger partial charge on any atom is -0.477 e. The Morgan fingerprint density at radius 3 is 2.25 bits per heavy atom. The Morgan fingerprint density at radius 1 is 1.00 bits per heavy atom. The number of amides is 4. The van der Waals surface area contributed by atoms with Gasteiger partial charge in [-0.05, 0) is 91.8 Å². The topological polar surface area (TPSA) is 139 Å². The Hall–Kier alpha value is -4.00. The summed E-state index contributed by atoms with van der Waals surface area (Å²) in [6.07, 6.45) is 1.55. The Kier molecular flexibility index (Phi) is 11.2. The quantitative estimate of drug-likeness (QED) is 0.213. The molecule has 5 rings (SSSR count). The fourth-order valence-electron chi connectivity index (χ4n) is 7.70. The number of nitrogens with zero attached hydrogens (tertiary/aromatic N) is 1. The number of halogens is 3. The number of sulfonamides is 1. The van der Waals surface area contributed by atoms with E-state index in [0.717, 1.165) is 11.2 Å². The molecule has 0 radical (unpaired) electrons. The lowest BCUT2D eigenvalue weighted by molar-refractivity contribution is -0.137. The standard InChI is InChI=1S/C38H42Cl2FN3O7S/c1-7-22(8-2)34(46)44-30-18-24(40)12-15-28(30)38(36(44)48)29(20-32(45)42-33(38)26-19-25(41)14-11-21(26)5)27-17-23(39)13-16-31(27)51-37(9-3,10-4)35(47)43-52(6,49)50/h11-19,22,29,33H,7-10,20H2,1-6H3,(H,42,45)(H,43,47)/t29-,33+,38-/m1/s1. The highest BCUT2D eigenvalue weighted by atomic mass is 35.5. The average Bonchev–Trinajstić information content (AvgIpc) is 3.33. The van der Waals surface area contributed by atoms with Crippen molar-refractivity contribution < 1.29 is 36.7 Å². The van der Waals surface area contributed by atoms with Gasteiger partial charge < -0.3 is 10.1 Å². The normalized spacial score (nSPS) is 20.2. The first-order valence-corrected chi connectivity index (χ1v) is 19.9. The van der Waals surface area contributed by atoms with E-state index in [0.29, 0.717) is 29.5 Å². The summed E-state index contributed by atoms with van der Waals surface area (Å²) in [5, 5.41) is 3.46. The molecule has 278 valence electrons. The van der Waals surface area contributed by atoms with E-state index in [1.54, 1.807) is 39.0 Å². The van der Waals surface area contributed by atoms with Crippen LogP contribution in [0, 0.1) is 18.7 Å². The molecule has 3 atom stereocenters.